The molecule has 0 aliphatic heterocycles. The quantitative estimate of drug-likeness (QED) is 0.604. The van der Waals surface area contributed by atoms with E-state index in [4.69, 9.17) is 6.42 Å². The molecule has 2 aromatic rings. The lowest BCUT2D eigenvalue weighted by Gasteiger charge is -1.86. The highest BCUT2D eigenvalue weighted by Crippen LogP contribution is 2.26. The van der Waals surface area contributed by atoms with E-state index in [1.54, 1.807) is 22.7 Å². The number of thiophene rings is 2. The minimum Gasteiger partial charge on any atom is -0.152 e. The van der Waals surface area contributed by atoms with Crippen molar-refractivity contribution in [2.24, 2.45) is 0 Å². The average molecular weight is 190 g/mol. The fourth-order valence-corrected chi connectivity index (χ4v) is 2.38. The van der Waals surface area contributed by atoms with Crippen LogP contribution in [0.1, 0.15) is 4.88 Å². The van der Waals surface area contributed by atoms with Crippen molar-refractivity contribution in [2.45, 2.75) is 0 Å². The van der Waals surface area contributed by atoms with Crippen LogP contribution in [0.2, 0.25) is 0 Å². The van der Waals surface area contributed by atoms with Crippen molar-refractivity contribution < 1.29 is 0 Å². The zero-order valence-corrected chi connectivity index (χ0v) is 7.91. The van der Waals surface area contributed by atoms with Crippen LogP contribution in [0.4, 0.5) is 0 Å². The Labute approximate surface area is 79.5 Å². The average Bonchev–Trinajstić information content (AvgIpc) is 2.75. The van der Waals surface area contributed by atoms with E-state index in [2.05, 4.69) is 28.1 Å². The lowest BCUT2D eigenvalue weighted by Crippen LogP contribution is -1.63. The van der Waals surface area contributed by atoms with Crippen LogP contribution in [0.15, 0.2) is 28.3 Å². The molecule has 0 saturated carbocycles. The highest BCUT2D eigenvalue weighted by atomic mass is 32.1. The van der Waals surface area contributed by atoms with Crippen LogP contribution in [0.5, 0.6) is 0 Å². The topological polar surface area (TPSA) is 0 Å². The van der Waals surface area contributed by atoms with E-state index < -0.39 is 0 Å². The fraction of sp³-hybridized carbons (Fsp3) is 0. The van der Waals surface area contributed by atoms with E-state index in [1.165, 1.54) is 11.1 Å². The van der Waals surface area contributed by atoms with Gasteiger partial charge >= 0.3 is 0 Å². The first-order valence-corrected chi connectivity index (χ1v) is 5.30. The molecule has 0 saturated heterocycles. The molecule has 2 rings (SSSR count). The van der Waals surface area contributed by atoms with Crippen molar-refractivity contribution in [2.75, 3.05) is 0 Å². The number of rotatable bonds is 1. The zero-order valence-electron chi connectivity index (χ0n) is 6.28. The van der Waals surface area contributed by atoms with E-state index in [9.17, 15) is 0 Å². The van der Waals surface area contributed by atoms with Crippen LogP contribution < -0.4 is 0 Å². The van der Waals surface area contributed by atoms with Crippen LogP contribution in [0, 0.1) is 12.3 Å². The Morgan fingerprint density at radius 1 is 1.25 bits per heavy atom. The molecular formula is C10H6S2. The molecule has 0 aliphatic rings. The summed E-state index contributed by atoms with van der Waals surface area (Å²) in [5, 5.41) is 6.29. The van der Waals surface area contributed by atoms with Gasteiger partial charge in [0.05, 0.1) is 4.88 Å². The SMILES string of the molecule is C#Cc1cc(-c2ccsc2)cs1. The van der Waals surface area contributed by atoms with Crippen LogP contribution in [-0.2, 0) is 0 Å². The lowest BCUT2D eigenvalue weighted by atomic mass is 10.2. The molecule has 0 bridgehead atoms. The van der Waals surface area contributed by atoms with Gasteiger partial charge in [-0.2, -0.15) is 11.3 Å². The smallest absolute Gasteiger partial charge is 0.0772 e. The maximum atomic E-state index is 5.28. The van der Waals surface area contributed by atoms with Crippen LogP contribution in [0.3, 0.4) is 0 Å². The summed E-state index contributed by atoms with van der Waals surface area (Å²) >= 11 is 3.32. The normalized spacial score (nSPS) is 9.58. The van der Waals surface area contributed by atoms with E-state index in [0.717, 1.165) is 4.88 Å². The second-order valence-corrected chi connectivity index (χ2v) is 4.05. The summed E-state index contributed by atoms with van der Waals surface area (Å²) in [6.07, 6.45) is 5.28. The Morgan fingerprint density at radius 2 is 2.17 bits per heavy atom. The van der Waals surface area contributed by atoms with Crippen molar-refractivity contribution in [1.82, 2.24) is 0 Å². The Balaban J connectivity index is 2.44. The first-order chi connectivity index (χ1) is 5.90. The fourth-order valence-electron chi connectivity index (χ4n) is 0.992. The Morgan fingerprint density at radius 3 is 2.75 bits per heavy atom. The standard InChI is InChI=1S/C10H6S2/c1-2-10-5-9(7-12-10)8-3-4-11-6-8/h1,3-7H. The second-order valence-electron chi connectivity index (χ2n) is 2.36. The molecule has 58 valence electrons. The molecule has 2 heteroatoms. The predicted octanol–water partition coefficient (Wildman–Crippen LogP) is 3.46. The summed E-state index contributed by atoms with van der Waals surface area (Å²) in [5.74, 6) is 2.63. The summed E-state index contributed by atoms with van der Waals surface area (Å²) in [5.41, 5.74) is 2.49. The van der Waals surface area contributed by atoms with Gasteiger partial charge in [-0.25, -0.2) is 0 Å². The van der Waals surface area contributed by atoms with Crippen LogP contribution in [-0.4, -0.2) is 0 Å². The Bertz CT molecular complexity index is 401. The summed E-state index contributed by atoms with van der Waals surface area (Å²) in [7, 11) is 0. The van der Waals surface area contributed by atoms with Gasteiger partial charge in [-0.15, -0.1) is 17.8 Å². The molecule has 0 fully saturated rings. The van der Waals surface area contributed by atoms with Crippen molar-refractivity contribution in [3.63, 3.8) is 0 Å². The van der Waals surface area contributed by atoms with Gasteiger partial charge in [-0.05, 0) is 39.4 Å². The highest BCUT2D eigenvalue weighted by Gasteiger charge is 1.99. The third-order valence-electron chi connectivity index (χ3n) is 1.60. The number of hydrogen-bond acceptors (Lipinski definition) is 2. The van der Waals surface area contributed by atoms with E-state index >= 15 is 0 Å². The lowest BCUT2D eigenvalue weighted by molar-refractivity contribution is 1.82. The molecule has 2 aromatic heterocycles. The van der Waals surface area contributed by atoms with Gasteiger partial charge in [0, 0.05) is 0 Å². The first-order valence-electron chi connectivity index (χ1n) is 3.48. The van der Waals surface area contributed by atoms with Gasteiger partial charge in [0.2, 0.25) is 0 Å². The molecule has 0 aromatic carbocycles. The van der Waals surface area contributed by atoms with Gasteiger partial charge in [0.25, 0.3) is 0 Å². The summed E-state index contributed by atoms with van der Waals surface area (Å²) in [6.45, 7) is 0. The zero-order chi connectivity index (χ0) is 8.39. The van der Waals surface area contributed by atoms with E-state index in [1.807, 2.05) is 6.07 Å². The predicted molar refractivity (Wildman–Crippen MR) is 55.6 cm³/mol. The minimum atomic E-state index is 0.996. The molecule has 0 spiro atoms. The summed E-state index contributed by atoms with van der Waals surface area (Å²) in [6, 6.07) is 4.15. The van der Waals surface area contributed by atoms with Crippen molar-refractivity contribution in [3.8, 4) is 23.5 Å². The maximum absolute atomic E-state index is 5.28. The van der Waals surface area contributed by atoms with Crippen molar-refractivity contribution in [3.05, 3.63) is 33.2 Å². The van der Waals surface area contributed by atoms with Crippen molar-refractivity contribution in [1.29, 1.82) is 0 Å². The third-order valence-corrected chi connectivity index (χ3v) is 3.14. The van der Waals surface area contributed by atoms with Gasteiger partial charge < -0.3 is 0 Å². The Hall–Kier alpha value is -1.04. The highest BCUT2D eigenvalue weighted by molar-refractivity contribution is 7.11. The number of terminal acetylenes is 1. The van der Waals surface area contributed by atoms with Gasteiger partial charge in [0.1, 0.15) is 0 Å². The van der Waals surface area contributed by atoms with Crippen LogP contribution >= 0.6 is 22.7 Å². The monoisotopic (exact) mass is 190 g/mol. The van der Waals surface area contributed by atoms with Gasteiger partial charge in [-0.1, -0.05) is 5.92 Å². The molecule has 0 atom stereocenters. The van der Waals surface area contributed by atoms with Crippen LogP contribution in [0.25, 0.3) is 11.1 Å². The molecule has 0 radical (unpaired) electrons. The molecule has 0 N–H and O–H groups in total. The molecule has 0 unspecified atom stereocenters. The first kappa shape index (κ1) is 7.60. The van der Waals surface area contributed by atoms with E-state index in [-0.39, 0.29) is 0 Å². The van der Waals surface area contributed by atoms with E-state index in [0.29, 0.717) is 0 Å². The molecule has 12 heavy (non-hydrogen) atoms. The minimum absolute atomic E-state index is 0.996. The molecule has 2 heterocycles. The van der Waals surface area contributed by atoms with Crippen molar-refractivity contribution >= 4 is 22.7 Å². The third kappa shape index (κ3) is 1.29. The maximum Gasteiger partial charge on any atom is 0.0772 e. The summed E-state index contributed by atoms with van der Waals surface area (Å²) < 4.78 is 0. The summed E-state index contributed by atoms with van der Waals surface area (Å²) in [4.78, 5) is 0.996. The molecule has 0 nitrogen and oxygen atoms in total. The Kier molecular flexibility index (Phi) is 1.99. The largest absolute Gasteiger partial charge is 0.152 e. The number of hydrogen-bond donors (Lipinski definition) is 0. The second kappa shape index (κ2) is 3.14. The van der Waals surface area contributed by atoms with Gasteiger partial charge in [0.15, 0.2) is 0 Å². The molecule has 0 amide bonds. The molecule has 0 aliphatic carbocycles. The van der Waals surface area contributed by atoms with Gasteiger partial charge in [-0.3, -0.25) is 0 Å². The molecular weight excluding hydrogens is 184 g/mol.